The third-order valence-electron chi connectivity index (χ3n) is 2.12. The third kappa shape index (κ3) is 3.72. The Kier molecular flexibility index (Phi) is 4.41. The Hall–Kier alpha value is -2.15. The van der Waals surface area contributed by atoms with Gasteiger partial charge in [-0.1, -0.05) is 12.1 Å². The molecule has 1 rings (SSSR count). The minimum atomic E-state index is -1.47. The lowest BCUT2D eigenvalue weighted by atomic mass is 10.2. The van der Waals surface area contributed by atoms with Gasteiger partial charge in [-0.2, -0.15) is 0 Å². The van der Waals surface area contributed by atoms with Gasteiger partial charge in [0.05, 0.1) is 4.92 Å². The summed E-state index contributed by atoms with van der Waals surface area (Å²) >= 11 is 0. The monoisotopic (exact) mass is 240 g/mol. The molecule has 3 N–H and O–H groups in total. The van der Waals surface area contributed by atoms with E-state index in [2.05, 4.69) is 5.32 Å². The van der Waals surface area contributed by atoms with Crippen molar-refractivity contribution in [3.63, 3.8) is 0 Å². The van der Waals surface area contributed by atoms with Crippen molar-refractivity contribution in [2.24, 2.45) is 0 Å². The Morgan fingerprint density at radius 3 is 2.71 bits per heavy atom. The van der Waals surface area contributed by atoms with Crippen LogP contribution < -0.4 is 5.32 Å². The number of nitrogens with one attached hydrogen (secondary N) is 1. The van der Waals surface area contributed by atoms with Crippen LogP contribution in [0.5, 0.6) is 0 Å². The predicted octanol–water partition coefficient (Wildman–Crippen LogP) is 0.842. The first kappa shape index (κ1) is 12.9. The van der Waals surface area contributed by atoms with Crippen LogP contribution in [0.3, 0.4) is 0 Å². The van der Waals surface area contributed by atoms with E-state index >= 15 is 0 Å². The van der Waals surface area contributed by atoms with Crippen LogP contribution in [-0.2, 0) is 4.79 Å². The number of aliphatic carboxylic acids is 1. The number of aliphatic hydroxyl groups is 1. The largest absolute Gasteiger partial charge is 0.479 e. The zero-order valence-corrected chi connectivity index (χ0v) is 8.87. The third-order valence-corrected chi connectivity index (χ3v) is 2.12. The Morgan fingerprint density at radius 1 is 1.47 bits per heavy atom. The molecule has 1 aromatic carbocycles. The Labute approximate surface area is 96.8 Å². The summed E-state index contributed by atoms with van der Waals surface area (Å²) in [5.41, 5.74) is 0.215. The fourth-order valence-corrected chi connectivity index (χ4v) is 1.25. The molecule has 0 aliphatic heterocycles. The first-order valence-electron chi connectivity index (χ1n) is 4.90. The van der Waals surface area contributed by atoms with Crippen molar-refractivity contribution in [1.29, 1.82) is 0 Å². The highest BCUT2D eigenvalue weighted by molar-refractivity contribution is 5.72. The van der Waals surface area contributed by atoms with E-state index < -0.39 is 17.0 Å². The molecule has 0 unspecified atom stereocenters. The van der Waals surface area contributed by atoms with Crippen LogP contribution in [0.1, 0.15) is 6.42 Å². The quantitative estimate of drug-likeness (QED) is 0.501. The van der Waals surface area contributed by atoms with Gasteiger partial charge in [0, 0.05) is 19.0 Å². The Morgan fingerprint density at radius 2 is 2.12 bits per heavy atom. The van der Waals surface area contributed by atoms with Crippen LogP contribution in [0.15, 0.2) is 24.3 Å². The number of carbonyl (C=O) groups is 1. The highest BCUT2D eigenvalue weighted by atomic mass is 16.6. The van der Waals surface area contributed by atoms with Gasteiger partial charge < -0.3 is 15.5 Å². The molecule has 0 spiro atoms. The molecule has 17 heavy (non-hydrogen) atoms. The lowest BCUT2D eigenvalue weighted by Crippen LogP contribution is -2.22. The zero-order valence-electron chi connectivity index (χ0n) is 8.87. The van der Waals surface area contributed by atoms with E-state index in [0.717, 1.165) is 0 Å². The molecule has 0 bridgehead atoms. The molecule has 7 heteroatoms. The molecule has 0 aliphatic rings. The van der Waals surface area contributed by atoms with Gasteiger partial charge in [-0.25, -0.2) is 4.79 Å². The van der Waals surface area contributed by atoms with Gasteiger partial charge in [0.1, 0.15) is 5.69 Å². The van der Waals surface area contributed by atoms with E-state index in [1.54, 1.807) is 6.07 Å². The number of carboxylic acid groups (broad SMARTS) is 1. The first-order valence-corrected chi connectivity index (χ1v) is 4.90. The standard InChI is InChI=1S/C10H12N2O5/c13-9(10(14)15)5-6-11-7-3-1-2-4-8(7)12(16)17/h1-4,9,11,13H,5-6H2,(H,14,15)/t9-/m0/s1. The molecule has 0 radical (unpaired) electrons. The summed E-state index contributed by atoms with van der Waals surface area (Å²) in [4.78, 5) is 20.4. The van der Waals surface area contributed by atoms with Crippen molar-refractivity contribution in [2.75, 3.05) is 11.9 Å². The summed E-state index contributed by atoms with van der Waals surface area (Å²) in [7, 11) is 0. The van der Waals surface area contributed by atoms with Gasteiger partial charge in [-0.05, 0) is 6.07 Å². The van der Waals surface area contributed by atoms with Gasteiger partial charge in [-0.15, -0.1) is 0 Å². The number of benzene rings is 1. The van der Waals surface area contributed by atoms with Crippen molar-refractivity contribution in [1.82, 2.24) is 0 Å². The summed E-state index contributed by atoms with van der Waals surface area (Å²) in [6, 6.07) is 6.03. The van der Waals surface area contributed by atoms with Crippen LogP contribution in [0.2, 0.25) is 0 Å². The average molecular weight is 240 g/mol. The first-order chi connectivity index (χ1) is 8.02. The minimum Gasteiger partial charge on any atom is -0.479 e. The number of nitrogens with zero attached hydrogens (tertiary/aromatic N) is 1. The van der Waals surface area contributed by atoms with Crippen molar-refractivity contribution in [3.05, 3.63) is 34.4 Å². The highest BCUT2D eigenvalue weighted by Gasteiger charge is 2.14. The lowest BCUT2D eigenvalue weighted by Gasteiger charge is -2.08. The normalized spacial score (nSPS) is 11.8. The van der Waals surface area contributed by atoms with E-state index in [1.807, 2.05) is 0 Å². The number of nitro benzene ring substituents is 1. The second-order valence-corrected chi connectivity index (χ2v) is 3.34. The maximum Gasteiger partial charge on any atom is 0.332 e. The van der Waals surface area contributed by atoms with Crippen molar-refractivity contribution < 1.29 is 19.9 Å². The number of para-hydroxylation sites is 2. The molecule has 1 aromatic rings. The van der Waals surface area contributed by atoms with Gasteiger partial charge in [0.25, 0.3) is 5.69 Å². The Balaban J connectivity index is 2.58. The average Bonchev–Trinajstić information content (AvgIpc) is 2.29. The molecule has 7 nitrogen and oxygen atoms in total. The van der Waals surface area contributed by atoms with Crippen LogP contribution in [0, 0.1) is 10.1 Å². The van der Waals surface area contributed by atoms with Crippen molar-refractivity contribution >= 4 is 17.3 Å². The smallest absolute Gasteiger partial charge is 0.332 e. The summed E-state index contributed by atoms with van der Waals surface area (Å²) in [5.74, 6) is -1.31. The molecular formula is C10H12N2O5. The van der Waals surface area contributed by atoms with Crippen LogP contribution in [-0.4, -0.2) is 33.8 Å². The summed E-state index contributed by atoms with van der Waals surface area (Å²) < 4.78 is 0. The maximum atomic E-state index is 10.6. The molecule has 0 saturated heterocycles. The molecule has 0 amide bonds. The molecule has 0 fully saturated rings. The van der Waals surface area contributed by atoms with E-state index in [9.17, 15) is 14.9 Å². The molecule has 0 saturated carbocycles. The van der Waals surface area contributed by atoms with E-state index in [1.165, 1.54) is 18.2 Å². The fourth-order valence-electron chi connectivity index (χ4n) is 1.25. The van der Waals surface area contributed by atoms with E-state index in [4.69, 9.17) is 10.2 Å². The van der Waals surface area contributed by atoms with Crippen LogP contribution in [0.25, 0.3) is 0 Å². The highest BCUT2D eigenvalue weighted by Crippen LogP contribution is 2.22. The summed E-state index contributed by atoms with van der Waals surface area (Å²) in [6.07, 6.45) is -1.49. The molecule has 92 valence electrons. The van der Waals surface area contributed by atoms with Gasteiger partial charge in [0.2, 0.25) is 0 Å². The Bertz CT molecular complexity index is 421. The van der Waals surface area contributed by atoms with Crippen LogP contribution in [0.4, 0.5) is 11.4 Å². The van der Waals surface area contributed by atoms with Crippen molar-refractivity contribution in [2.45, 2.75) is 12.5 Å². The lowest BCUT2D eigenvalue weighted by molar-refractivity contribution is -0.384. The van der Waals surface area contributed by atoms with Gasteiger partial charge >= 0.3 is 5.97 Å². The van der Waals surface area contributed by atoms with Crippen LogP contribution >= 0.6 is 0 Å². The minimum absolute atomic E-state index is 0.0264. The number of hydrogen-bond donors (Lipinski definition) is 3. The second kappa shape index (κ2) is 5.80. The number of nitro groups is 1. The predicted molar refractivity (Wildman–Crippen MR) is 59.8 cm³/mol. The molecule has 0 aromatic heterocycles. The molecular weight excluding hydrogens is 228 g/mol. The van der Waals surface area contributed by atoms with Gasteiger partial charge in [0.15, 0.2) is 6.10 Å². The summed E-state index contributed by atoms with van der Waals surface area (Å²) in [6.45, 7) is 0.137. The number of rotatable bonds is 6. The zero-order chi connectivity index (χ0) is 12.8. The fraction of sp³-hybridized carbons (Fsp3) is 0.300. The molecule has 0 heterocycles. The molecule has 0 aliphatic carbocycles. The summed E-state index contributed by atoms with van der Waals surface area (Å²) in [5, 5.41) is 30.8. The van der Waals surface area contributed by atoms with Crippen molar-refractivity contribution in [3.8, 4) is 0 Å². The van der Waals surface area contributed by atoms with E-state index in [0.29, 0.717) is 5.69 Å². The SMILES string of the molecule is O=C(O)[C@@H](O)CCNc1ccccc1[N+](=O)[O-]. The number of carboxylic acids is 1. The topological polar surface area (TPSA) is 113 Å². The number of aliphatic hydroxyl groups excluding tert-OH is 1. The maximum absolute atomic E-state index is 10.6. The number of anilines is 1. The van der Waals surface area contributed by atoms with E-state index in [-0.39, 0.29) is 18.7 Å². The van der Waals surface area contributed by atoms with Gasteiger partial charge in [-0.3, -0.25) is 10.1 Å². The second-order valence-electron chi connectivity index (χ2n) is 3.34. The number of hydrogen-bond acceptors (Lipinski definition) is 5. The molecule has 1 atom stereocenters.